The minimum atomic E-state index is 0.186. The quantitative estimate of drug-likeness (QED) is 0.464. The Kier molecular flexibility index (Phi) is 5.08. The highest BCUT2D eigenvalue weighted by molar-refractivity contribution is 5.77. The molecule has 1 unspecified atom stereocenters. The molecule has 5 rings (SSSR count). The van der Waals surface area contributed by atoms with Gasteiger partial charge >= 0.3 is 0 Å². The highest BCUT2D eigenvalue weighted by atomic mass is 15.4. The van der Waals surface area contributed by atoms with Crippen molar-refractivity contribution in [1.29, 1.82) is 0 Å². The number of benzene rings is 3. The molecule has 0 spiro atoms. The minimum Gasteiger partial charge on any atom is -0.342 e. The van der Waals surface area contributed by atoms with Crippen LogP contribution in [-0.2, 0) is 0 Å². The Morgan fingerprint density at radius 3 is 1.97 bits per heavy atom. The zero-order valence-corrected chi connectivity index (χ0v) is 18.0. The van der Waals surface area contributed by atoms with Gasteiger partial charge in [-0.05, 0) is 49.4 Å². The molecule has 1 heterocycles. The summed E-state index contributed by atoms with van der Waals surface area (Å²) in [6.07, 6.45) is 5.39. The first-order chi connectivity index (χ1) is 14.8. The standard InChI is InChI=1S/C28H30N2/c1-21-13-9-12-20-26(21)29-22(2)27(23-14-5-3-6-15-23)30(25-18-10-11-19-25)28(29)24-16-7-4-8-17-24/h3-9,12-17,20,25,28H,10-11,18-19H2,1-2H3. The van der Waals surface area contributed by atoms with Crippen molar-refractivity contribution in [3.05, 3.63) is 107 Å². The summed E-state index contributed by atoms with van der Waals surface area (Å²) in [5.41, 5.74) is 8.03. The number of hydrogen-bond donors (Lipinski definition) is 0. The van der Waals surface area contributed by atoms with Crippen molar-refractivity contribution in [2.24, 2.45) is 0 Å². The summed E-state index contributed by atoms with van der Waals surface area (Å²) < 4.78 is 0. The number of aryl methyl sites for hydroxylation is 1. The van der Waals surface area contributed by atoms with Gasteiger partial charge in [0.1, 0.15) is 6.17 Å². The van der Waals surface area contributed by atoms with Gasteiger partial charge in [-0.25, -0.2) is 0 Å². The lowest BCUT2D eigenvalue weighted by Crippen LogP contribution is -2.38. The van der Waals surface area contributed by atoms with Crippen LogP contribution in [0.25, 0.3) is 5.70 Å². The Morgan fingerprint density at radius 2 is 1.30 bits per heavy atom. The molecule has 3 aromatic rings. The molecule has 2 aliphatic rings. The lowest BCUT2D eigenvalue weighted by molar-refractivity contribution is 0.240. The van der Waals surface area contributed by atoms with Crippen molar-refractivity contribution in [3.63, 3.8) is 0 Å². The zero-order chi connectivity index (χ0) is 20.5. The fourth-order valence-corrected chi connectivity index (χ4v) is 5.33. The predicted octanol–water partition coefficient (Wildman–Crippen LogP) is 7.15. The van der Waals surface area contributed by atoms with Crippen LogP contribution in [0.2, 0.25) is 0 Å². The van der Waals surface area contributed by atoms with E-state index < -0.39 is 0 Å². The fourth-order valence-electron chi connectivity index (χ4n) is 5.33. The summed E-state index contributed by atoms with van der Waals surface area (Å²) in [5, 5.41) is 0. The Hall–Kier alpha value is -3.00. The first-order valence-electron chi connectivity index (χ1n) is 11.2. The first kappa shape index (κ1) is 19.0. The monoisotopic (exact) mass is 394 g/mol. The molecule has 0 bridgehead atoms. The Balaban J connectivity index is 1.74. The number of rotatable bonds is 4. The van der Waals surface area contributed by atoms with Gasteiger partial charge in [-0.15, -0.1) is 0 Å². The smallest absolute Gasteiger partial charge is 0.133 e. The summed E-state index contributed by atoms with van der Waals surface area (Å²) in [6.45, 7) is 4.53. The van der Waals surface area contributed by atoms with Crippen LogP contribution in [0.1, 0.15) is 55.5 Å². The van der Waals surface area contributed by atoms with Crippen molar-refractivity contribution in [3.8, 4) is 0 Å². The molecule has 0 aromatic heterocycles. The van der Waals surface area contributed by atoms with E-state index in [1.54, 1.807) is 0 Å². The highest BCUT2D eigenvalue weighted by Gasteiger charge is 2.42. The minimum absolute atomic E-state index is 0.186. The Labute approximate surface area is 180 Å². The molecule has 0 amide bonds. The molecule has 1 atom stereocenters. The zero-order valence-electron chi connectivity index (χ0n) is 18.0. The molecule has 2 nitrogen and oxygen atoms in total. The molecule has 1 aliphatic carbocycles. The molecular formula is C28H30N2. The Morgan fingerprint density at radius 1 is 0.700 bits per heavy atom. The van der Waals surface area contributed by atoms with Gasteiger partial charge < -0.3 is 9.80 Å². The van der Waals surface area contributed by atoms with E-state index in [9.17, 15) is 0 Å². The average molecular weight is 395 g/mol. The molecule has 1 aliphatic heterocycles. The van der Waals surface area contributed by atoms with E-state index in [2.05, 4.69) is 109 Å². The second-order valence-electron chi connectivity index (χ2n) is 8.59. The maximum atomic E-state index is 2.74. The molecule has 0 N–H and O–H groups in total. The molecule has 1 saturated carbocycles. The molecule has 0 radical (unpaired) electrons. The molecule has 1 fully saturated rings. The van der Waals surface area contributed by atoms with Crippen molar-refractivity contribution in [2.75, 3.05) is 4.90 Å². The van der Waals surface area contributed by atoms with Gasteiger partial charge in [0.2, 0.25) is 0 Å². The van der Waals surface area contributed by atoms with E-state index in [-0.39, 0.29) is 6.17 Å². The van der Waals surface area contributed by atoms with E-state index in [0.717, 1.165) is 0 Å². The lowest BCUT2D eigenvalue weighted by Gasteiger charge is -2.39. The third kappa shape index (κ3) is 3.21. The summed E-state index contributed by atoms with van der Waals surface area (Å²) in [4.78, 5) is 5.31. The average Bonchev–Trinajstić information content (AvgIpc) is 3.41. The van der Waals surface area contributed by atoms with Gasteiger partial charge in [0.05, 0.1) is 5.70 Å². The number of anilines is 1. The van der Waals surface area contributed by atoms with Crippen LogP contribution < -0.4 is 4.90 Å². The van der Waals surface area contributed by atoms with E-state index in [0.29, 0.717) is 6.04 Å². The third-order valence-corrected chi connectivity index (χ3v) is 6.71. The number of para-hydroxylation sites is 1. The molecule has 152 valence electrons. The lowest BCUT2D eigenvalue weighted by atomic mass is 10.0. The van der Waals surface area contributed by atoms with Crippen LogP contribution >= 0.6 is 0 Å². The molecule has 3 aromatic carbocycles. The van der Waals surface area contributed by atoms with E-state index in [1.807, 2.05) is 0 Å². The summed E-state index contributed by atoms with van der Waals surface area (Å²) in [7, 11) is 0. The summed E-state index contributed by atoms with van der Waals surface area (Å²) >= 11 is 0. The topological polar surface area (TPSA) is 6.48 Å². The Bertz CT molecular complexity index is 1030. The number of hydrogen-bond acceptors (Lipinski definition) is 2. The van der Waals surface area contributed by atoms with Crippen LogP contribution in [0.3, 0.4) is 0 Å². The van der Waals surface area contributed by atoms with Crippen LogP contribution in [0.15, 0.2) is 90.6 Å². The van der Waals surface area contributed by atoms with E-state index >= 15 is 0 Å². The number of nitrogens with zero attached hydrogens (tertiary/aromatic N) is 2. The van der Waals surface area contributed by atoms with Crippen LogP contribution in [0.4, 0.5) is 5.69 Å². The van der Waals surface area contributed by atoms with Crippen molar-refractivity contribution in [1.82, 2.24) is 4.90 Å². The van der Waals surface area contributed by atoms with Crippen LogP contribution in [-0.4, -0.2) is 10.9 Å². The van der Waals surface area contributed by atoms with Crippen molar-refractivity contribution in [2.45, 2.75) is 51.7 Å². The summed E-state index contributed by atoms with van der Waals surface area (Å²) in [5.74, 6) is 0. The SMILES string of the molecule is CC1=C(c2ccccc2)N(C2CCCC2)C(c2ccccc2)N1c1ccccc1C. The molecule has 2 heteroatoms. The van der Waals surface area contributed by atoms with Crippen molar-refractivity contribution >= 4 is 11.4 Å². The maximum Gasteiger partial charge on any atom is 0.133 e. The van der Waals surface area contributed by atoms with Crippen LogP contribution in [0.5, 0.6) is 0 Å². The number of allylic oxidation sites excluding steroid dienone is 1. The molecule has 30 heavy (non-hydrogen) atoms. The van der Waals surface area contributed by atoms with Crippen molar-refractivity contribution < 1.29 is 0 Å². The van der Waals surface area contributed by atoms with Gasteiger partial charge in [0.15, 0.2) is 0 Å². The van der Waals surface area contributed by atoms with Gasteiger partial charge in [-0.3, -0.25) is 0 Å². The second-order valence-corrected chi connectivity index (χ2v) is 8.59. The predicted molar refractivity (Wildman–Crippen MR) is 126 cm³/mol. The highest BCUT2D eigenvalue weighted by Crippen LogP contribution is 2.49. The van der Waals surface area contributed by atoms with E-state index in [1.165, 1.54) is 59.5 Å². The van der Waals surface area contributed by atoms with Gasteiger partial charge in [0, 0.05) is 17.4 Å². The molecule has 0 saturated heterocycles. The molecular weight excluding hydrogens is 364 g/mol. The van der Waals surface area contributed by atoms with Gasteiger partial charge in [-0.2, -0.15) is 0 Å². The first-order valence-corrected chi connectivity index (χ1v) is 11.2. The van der Waals surface area contributed by atoms with Gasteiger partial charge in [0.25, 0.3) is 0 Å². The van der Waals surface area contributed by atoms with Crippen LogP contribution in [0, 0.1) is 6.92 Å². The van der Waals surface area contributed by atoms with E-state index in [4.69, 9.17) is 0 Å². The largest absolute Gasteiger partial charge is 0.342 e. The normalized spacial score (nSPS) is 19.7. The maximum absolute atomic E-state index is 2.74. The third-order valence-electron chi connectivity index (χ3n) is 6.71. The van der Waals surface area contributed by atoms with Gasteiger partial charge in [-0.1, -0.05) is 91.7 Å². The summed E-state index contributed by atoms with van der Waals surface area (Å²) in [6, 6.07) is 31.4. The fraction of sp³-hybridized carbons (Fsp3) is 0.286. The second kappa shape index (κ2) is 8.02.